The molecule has 0 saturated heterocycles. The lowest BCUT2D eigenvalue weighted by Crippen LogP contribution is -2.25. The van der Waals surface area contributed by atoms with Gasteiger partial charge >= 0.3 is 0 Å². The topological polar surface area (TPSA) is 183 Å². The minimum atomic E-state index is -0.268. The van der Waals surface area contributed by atoms with Crippen molar-refractivity contribution in [3.05, 3.63) is 132 Å². The SMILES string of the molecule is C=CCNC(=O)c1cc(-c2ccccc2)on1.CCCCNC(=O)c1cc(-c2cccs2)on1.O=C(NCCCn1ccnc1)c1cc(-c2cccs2)on1. The zero-order chi connectivity index (χ0) is 38.7. The number of carbonyl (C=O) groups is 3. The molecule has 0 fully saturated rings. The first kappa shape index (κ1) is 39.8. The molecule has 0 bridgehead atoms. The van der Waals surface area contributed by atoms with Crippen LogP contribution in [0, 0.1) is 0 Å². The molecule has 0 unspecified atom stereocenters. The maximum Gasteiger partial charge on any atom is 0.273 e. The second-order valence-corrected chi connectivity index (χ2v) is 13.5. The predicted molar refractivity (Wildman–Crippen MR) is 211 cm³/mol. The molecule has 55 heavy (non-hydrogen) atoms. The molecule has 0 radical (unpaired) electrons. The van der Waals surface area contributed by atoms with E-state index in [0.717, 1.165) is 41.1 Å². The van der Waals surface area contributed by atoms with E-state index in [0.29, 0.717) is 48.3 Å². The Morgan fingerprint density at radius 1 is 0.727 bits per heavy atom. The van der Waals surface area contributed by atoms with Crippen molar-refractivity contribution in [2.45, 2.75) is 32.7 Å². The molecule has 3 N–H and O–H groups in total. The average Bonchev–Trinajstić information content (AvgIpc) is 4.07. The zero-order valence-electron chi connectivity index (χ0n) is 30.1. The highest BCUT2D eigenvalue weighted by Gasteiger charge is 2.15. The quantitative estimate of drug-likeness (QED) is 0.0692. The number of hydrogen-bond acceptors (Lipinski definition) is 12. The number of aromatic nitrogens is 5. The third-order valence-electron chi connectivity index (χ3n) is 7.48. The van der Waals surface area contributed by atoms with Gasteiger partial charge in [-0.15, -0.1) is 29.3 Å². The lowest BCUT2D eigenvalue weighted by Gasteiger charge is -2.03. The fourth-order valence-electron chi connectivity index (χ4n) is 4.65. The number of nitrogens with zero attached hydrogens (tertiary/aromatic N) is 5. The Hall–Kier alpha value is -6.39. The van der Waals surface area contributed by atoms with Gasteiger partial charge in [0.25, 0.3) is 17.7 Å². The van der Waals surface area contributed by atoms with Crippen LogP contribution in [-0.4, -0.2) is 62.4 Å². The summed E-state index contributed by atoms with van der Waals surface area (Å²) in [5.74, 6) is 1.18. The first-order valence-electron chi connectivity index (χ1n) is 17.4. The highest BCUT2D eigenvalue weighted by molar-refractivity contribution is 7.13. The summed E-state index contributed by atoms with van der Waals surface area (Å²) in [6, 6.07) is 22.2. The number of unbranched alkanes of at least 4 members (excludes halogenated alkanes) is 1. The summed E-state index contributed by atoms with van der Waals surface area (Å²) in [6.45, 7) is 8.09. The van der Waals surface area contributed by atoms with Crippen molar-refractivity contribution in [1.82, 2.24) is 41.0 Å². The van der Waals surface area contributed by atoms with E-state index in [9.17, 15) is 14.4 Å². The van der Waals surface area contributed by atoms with Crippen LogP contribution in [-0.2, 0) is 6.54 Å². The number of amides is 3. The lowest BCUT2D eigenvalue weighted by molar-refractivity contribution is 0.0935. The second-order valence-electron chi connectivity index (χ2n) is 11.6. The maximum absolute atomic E-state index is 11.9. The fraction of sp³-hybridized carbons (Fsp3) is 0.205. The Labute approximate surface area is 325 Å². The molecule has 0 atom stereocenters. The van der Waals surface area contributed by atoms with Crippen LogP contribution in [0.15, 0.2) is 129 Å². The summed E-state index contributed by atoms with van der Waals surface area (Å²) in [4.78, 5) is 41.1. The Balaban J connectivity index is 0.000000160. The predicted octanol–water partition coefficient (Wildman–Crippen LogP) is 7.61. The van der Waals surface area contributed by atoms with Crippen molar-refractivity contribution in [2.24, 2.45) is 0 Å². The summed E-state index contributed by atoms with van der Waals surface area (Å²) in [5, 5.41) is 23.5. The van der Waals surface area contributed by atoms with Gasteiger partial charge in [-0.25, -0.2) is 4.98 Å². The molecule has 0 aliphatic carbocycles. The average molecular weight is 781 g/mol. The first-order valence-corrected chi connectivity index (χ1v) is 19.2. The van der Waals surface area contributed by atoms with E-state index in [1.165, 1.54) is 0 Å². The Bertz CT molecular complexity index is 2170. The van der Waals surface area contributed by atoms with Gasteiger partial charge in [-0.05, 0) is 35.7 Å². The summed E-state index contributed by atoms with van der Waals surface area (Å²) in [5.41, 5.74) is 1.80. The molecular weight excluding hydrogens is 741 g/mol. The van der Waals surface area contributed by atoms with Crippen LogP contribution in [0.5, 0.6) is 0 Å². The number of nitrogens with one attached hydrogen (secondary N) is 3. The zero-order valence-corrected chi connectivity index (χ0v) is 31.7. The molecule has 14 nitrogen and oxygen atoms in total. The third kappa shape index (κ3) is 12.3. The van der Waals surface area contributed by atoms with Crippen LogP contribution < -0.4 is 16.0 Å². The van der Waals surface area contributed by atoms with E-state index < -0.39 is 0 Å². The molecule has 0 aliphatic heterocycles. The van der Waals surface area contributed by atoms with Crippen LogP contribution in [0.2, 0.25) is 0 Å². The van der Waals surface area contributed by atoms with E-state index in [1.807, 2.05) is 76.1 Å². The Morgan fingerprint density at radius 3 is 1.78 bits per heavy atom. The van der Waals surface area contributed by atoms with Crippen LogP contribution in [0.4, 0.5) is 0 Å². The van der Waals surface area contributed by atoms with Gasteiger partial charge in [-0.3, -0.25) is 14.4 Å². The van der Waals surface area contributed by atoms with Crippen molar-refractivity contribution in [3.63, 3.8) is 0 Å². The van der Waals surface area contributed by atoms with Gasteiger partial charge in [0, 0.05) is 62.3 Å². The second kappa shape index (κ2) is 21.3. The smallest absolute Gasteiger partial charge is 0.273 e. The molecule has 284 valence electrons. The molecular formula is C39H40N8O6S2. The van der Waals surface area contributed by atoms with Gasteiger partial charge in [-0.2, -0.15) is 0 Å². The molecule has 0 spiro atoms. The molecule has 1 aromatic carbocycles. The number of carbonyl (C=O) groups excluding carboxylic acids is 3. The van der Waals surface area contributed by atoms with Gasteiger partial charge in [-0.1, -0.05) is 77.4 Å². The minimum Gasteiger partial charge on any atom is -0.355 e. The van der Waals surface area contributed by atoms with Gasteiger partial charge in [0.1, 0.15) is 0 Å². The van der Waals surface area contributed by atoms with Crippen molar-refractivity contribution >= 4 is 40.4 Å². The molecule has 0 aliphatic rings. The van der Waals surface area contributed by atoms with Crippen molar-refractivity contribution in [3.8, 4) is 32.6 Å². The van der Waals surface area contributed by atoms with Gasteiger partial charge < -0.3 is 34.1 Å². The fourth-order valence-corrected chi connectivity index (χ4v) is 6.00. The van der Waals surface area contributed by atoms with Crippen molar-refractivity contribution < 1.29 is 28.0 Å². The Kier molecular flexibility index (Phi) is 15.5. The summed E-state index contributed by atoms with van der Waals surface area (Å²) >= 11 is 3.10. The lowest BCUT2D eigenvalue weighted by atomic mass is 10.1. The largest absolute Gasteiger partial charge is 0.355 e. The minimum absolute atomic E-state index is 0.176. The third-order valence-corrected chi connectivity index (χ3v) is 9.24. The first-order chi connectivity index (χ1) is 26.9. The van der Waals surface area contributed by atoms with Gasteiger partial charge in [0.15, 0.2) is 34.4 Å². The van der Waals surface area contributed by atoms with E-state index in [2.05, 4.69) is 49.9 Å². The molecule has 7 aromatic rings. The van der Waals surface area contributed by atoms with Crippen LogP contribution >= 0.6 is 22.7 Å². The number of hydrogen-bond donors (Lipinski definition) is 3. The normalized spacial score (nSPS) is 10.3. The van der Waals surface area contributed by atoms with Crippen LogP contribution in [0.25, 0.3) is 32.6 Å². The number of thiophene rings is 2. The Morgan fingerprint density at radius 2 is 1.27 bits per heavy atom. The molecule has 7 rings (SSSR count). The standard InChI is InChI=1S/C14H14N4O2S.C13H12N2O2.C12H14N2O2S/c19-14(16-4-2-6-18-7-5-15-10-18)11-9-12(20-17-11)13-3-1-8-21-13;1-2-8-14-13(16)11-9-12(17-15-11)10-6-4-3-5-7-10;1-2-3-6-13-12(15)9-8-10(16-14-9)11-5-4-7-17-11/h1,3,5,7-10H,2,4,6H2,(H,16,19);2-7,9H,1,8H2,(H,14,16);4-5,7-8H,2-3,6H2,1H3,(H,13,15). The molecule has 3 amide bonds. The van der Waals surface area contributed by atoms with Crippen molar-refractivity contribution in [1.29, 1.82) is 0 Å². The van der Waals surface area contributed by atoms with E-state index in [-0.39, 0.29) is 23.4 Å². The van der Waals surface area contributed by atoms with Gasteiger partial charge in [0.2, 0.25) is 0 Å². The summed E-state index contributed by atoms with van der Waals surface area (Å²) in [7, 11) is 0. The highest BCUT2D eigenvalue weighted by atomic mass is 32.1. The molecule has 16 heteroatoms. The van der Waals surface area contributed by atoms with Crippen LogP contribution in [0.3, 0.4) is 0 Å². The number of rotatable bonds is 15. The monoisotopic (exact) mass is 780 g/mol. The summed E-state index contributed by atoms with van der Waals surface area (Å²) < 4.78 is 17.4. The van der Waals surface area contributed by atoms with E-state index >= 15 is 0 Å². The molecule has 6 heterocycles. The summed E-state index contributed by atoms with van der Waals surface area (Å²) in [6.07, 6.45) is 9.86. The molecule has 6 aromatic heterocycles. The van der Waals surface area contributed by atoms with E-state index in [4.69, 9.17) is 13.6 Å². The van der Waals surface area contributed by atoms with Crippen LogP contribution in [0.1, 0.15) is 57.7 Å². The van der Waals surface area contributed by atoms with Crippen molar-refractivity contribution in [2.75, 3.05) is 19.6 Å². The highest BCUT2D eigenvalue weighted by Crippen LogP contribution is 2.26. The molecule has 0 saturated carbocycles. The number of aryl methyl sites for hydroxylation is 1. The van der Waals surface area contributed by atoms with Gasteiger partial charge in [0.05, 0.1) is 16.1 Å². The van der Waals surface area contributed by atoms with E-state index in [1.54, 1.807) is 59.5 Å². The number of imidazole rings is 1. The number of benzene rings is 1. The maximum atomic E-state index is 11.9.